The molecule has 2 aliphatic heterocycles. The van der Waals surface area contributed by atoms with Crippen molar-refractivity contribution in [2.75, 3.05) is 50.7 Å². The van der Waals surface area contributed by atoms with Gasteiger partial charge < -0.3 is 9.80 Å². The molecule has 0 N–H and O–H groups in total. The molecule has 1 aromatic rings. The first-order chi connectivity index (χ1) is 13.3. The predicted molar refractivity (Wildman–Crippen MR) is 111 cm³/mol. The highest BCUT2D eigenvalue weighted by Gasteiger charge is 2.28. The minimum Gasteiger partial charge on any atom is -0.354 e. The maximum atomic E-state index is 4.76. The summed E-state index contributed by atoms with van der Waals surface area (Å²) in [6.07, 6.45) is 13.7. The van der Waals surface area contributed by atoms with Gasteiger partial charge in [-0.2, -0.15) is 0 Å². The number of nitrogens with zero attached hydrogens (tertiary/aromatic N) is 5. The van der Waals surface area contributed by atoms with Crippen LogP contribution in [0.4, 0.5) is 5.82 Å². The third-order valence-electron chi connectivity index (χ3n) is 6.89. The summed E-state index contributed by atoms with van der Waals surface area (Å²) in [5.41, 5.74) is 2.74. The Kier molecular flexibility index (Phi) is 6.61. The van der Waals surface area contributed by atoms with Gasteiger partial charge >= 0.3 is 0 Å². The maximum absolute atomic E-state index is 4.76. The molecule has 0 amide bonds. The zero-order valence-corrected chi connectivity index (χ0v) is 17.2. The molecule has 5 heteroatoms. The largest absolute Gasteiger partial charge is 0.354 e. The van der Waals surface area contributed by atoms with Crippen LogP contribution in [0.25, 0.3) is 0 Å². The van der Waals surface area contributed by atoms with Crippen LogP contribution in [-0.2, 0) is 12.8 Å². The standard InChI is InChI=1S/C22H37N5/c1-2-3-6-11-25-12-9-20-21(10-13-25)23-18-24-22(20)27-16-14-26(15-17-27)19-7-4-5-8-19/h18-19H,2-17H2,1H3. The van der Waals surface area contributed by atoms with Gasteiger partial charge in [0.1, 0.15) is 12.1 Å². The van der Waals surface area contributed by atoms with Gasteiger partial charge in [-0.25, -0.2) is 9.97 Å². The lowest BCUT2D eigenvalue weighted by molar-refractivity contribution is 0.187. The molecular weight excluding hydrogens is 334 g/mol. The monoisotopic (exact) mass is 371 g/mol. The van der Waals surface area contributed by atoms with Crippen LogP contribution in [0.5, 0.6) is 0 Å². The van der Waals surface area contributed by atoms with Gasteiger partial charge in [-0.15, -0.1) is 0 Å². The van der Waals surface area contributed by atoms with E-state index < -0.39 is 0 Å². The fourth-order valence-corrected chi connectivity index (χ4v) is 5.21. The summed E-state index contributed by atoms with van der Waals surface area (Å²) in [5, 5.41) is 0. The summed E-state index contributed by atoms with van der Waals surface area (Å²) in [6, 6.07) is 0.853. The van der Waals surface area contributed by atoms with E-state index in [2.05, 4.69) is 26.6 Å². The topological polar surface area (TPSA) is 35.5 Å². The molecule has 1 saturated heterocycles. The number of unbranched alkanes of at least 4 members (excludes halogenated alkanes) is 2. The summed E-state index contributed by atoms with van der Waals surface area (Å²) in [4.78, 5) is 17.3. The molecule has 0 atom stereocenters. The molecule has 1 aliphatic carbocycles. The van der Waals surface area contributed by atoms with Crippen LogP contribution >= 0.6 is 0 Å². The Balaban J connectivity index is 1.38. The fraction of sp³-hybridized carbons (Fsp3) is 0.818. The van der Waals surface area contributed by atoms with Gasteiger partial charge in [-0.05, 0) is 32.2 Å². The Labute approximate surface area is 165 Å². The highest BCUT2D eigenvalue weighted by atomic mass is 15.3. The van der Waals surface area contributed by atoms with Crippen LogP contribution < -0.4 is 4.90 Å². The Morgan fingerprint density at radius 1 is 0.926 bits per heavy atom. The van der Waals surface area contributed by atoms with Crippen molar-refractivity contribution >= 4 is 5.82 Å². The second kappa shape index (κ2) is 9.33. The second-order valence-electron chi connectivity index (χ2n) is 8.63. The van der Waals surface area contributed by atoms with E-state index in [4.69, 9.17) is 4.98 Å². The minimum atomic E-state index is 0.853. The summed E-state index contributed by atoms with van der Waals surface area (Å²) in [5.74, 6) is 1.24. The van der Waals surface area contributed by atoms with Crippen LogP contribution in [0.2, 0.25) is 0 Å². The van der Waals surface area contributed by atoms with Gasteiger partial charge in [-0.1, -0.05) is 32.6 Å². The molecule has 1 saturated carbocycles. The molecule has 1 aromatic heterocycles. The first-order valence-corrected chi connectivity index (χ1v) is 11.4. The Morgan fingerprint density at radius 3 is 2.48 bits per heavy atom. The molecule has 0 spiro atoms. The summed E-state index contributed by atoms with van der Waals surface area (Å²) < 4.78 is 0. The van der Waals surface area contributed by atoms with Crippen molar-refractivity contribution in [2.45, 2.75) is 70.8 Å². The molecule has 0 bridgehead atoms. The van der Waals surface area contributed by atoms with Crippen LogP contribution in [0, 0.1) is 0 Å². The minimum absolute atomic E-state index is 0.853. The molecule has 5 nitrogen and oxygen atoms in total. The molecule has 150 valence electrons. The number of rotatable bonds is 6. The van der Waals surface area contributed by atoms with Crippen molar-refractivity contribution < 1.29 is 0 Å². The number of fused-ring (bicyclic) bond motifs is 1. The summed E-state index contributed by atoms with van der Waals surface area (Å²) in [7, 11) is 0. The first kappa shape index (κ1) is 19.1. The third kappa shape index (κ3) is 4.62. The quantitative estimate of drug-likeness (QED) is 0.718. The van der Waals surface area contributed by atoms with E-state index in [1.54, 1.807) is 0 Å². The SMILES string of the molecule is CCCCCN1CCc2ncnc(N3CCN(C4CCCC4)CC3)c2CC1. The van der Waals surface area contributed by atoms with Gasteiger partial charge in [0.15, 0.2) is 0 Å². The van der Waals surface area contributed by atoms with Crippen LogP contribution in [-0.4, -0.2) is 71.6 Å². The fourth-order valence-electron chi connectivity index (χ4n) is 5.21. The van der Waals surface area contributed by atoms with E-state index in [-0.39, 0.29) is 0 Å². The van der Waals surface area contributed by atoms with E-state index in [1.807, 2.05) is 6.33 Å². The van der Waals surface area contributed by atoms with Crippen molar-refractivity contribution in [2.24, 2.45) is 0 Å². The highest BCUT2D eigenvalue weighted by molar-refractivity contribution is 5.49. The molecule has 2 fully saturated rings. The zero-order chi connectivity index (χ0) is 18.5. The van der Waals surface area contributed by atoms with E-state index in [0.717, 1.165) is 38.5 Å². The van der Waals surface area contributed by atoms with Crippen LogP contribution in [0.1, 0.15) is 63.1 Å². The molecule has 4 rings (SSSR count). The van der Waals surface area contributed by atoms with Gasteiger partial charge in [-0.3, -0.25) is 4.90 Å². The van der Waals surface area contributed by atoms with E-state index in [9.17, 15) is 0 Å². The van der Waals surface area contributed by atoms with Crippen molar-refractivity contribution in [3.05, 3.63) is 17.6 Å². The van der Waals surface area contributed by atoms with Gasteiger partial charge in [0, 0.05) is 57.3 Å². The number of piperazine rings is 1. The Bertz CT molecular complexity index is 590. The van der Waals surface area contributed by atoms with E-state index >= 15 is 0 Å². The number of hydrogen-bond donors (Lipinski definition) is 0. The summed E-state index contributed by atoms with van der Waals surface area (Å²) in [6.45, 7) is 10.5. The Morgan fingerprint density at radius 2 is 1.70 bits per heavy atom. The lowest BCUT2D eigenvalue weighted by Crippen LogP contribution is -2.50. The van der Waals surface area contributed by atoms with Crippen molar-refractivity contribution in [3.63, 3.8) is 0 Å². The van der Waals surface area contributed by atoms with Crippen LogP contribution in [0.3, 0.4) is 0 Å². The molecule has 0 radical (unpaired) electrons. The predicted octanol–water partition coefficient (Wildman–Crippen LogP) is 3.13. The second-order valence-corrected chi connectivity index (χ2v) is 8.63. The van der Waals surface area contributed by atoms with Crippen molar-refractivity contribution in [3.8, 4) is 0 Å². The van der Waals surface area contributed by atoms with Gasteiger partial charge in [0.2, 0.25) is 0 Å². The third-order valence-corrected chi connectivity index (χ3v) is 6.89. The molecule has 0 aromatic carbocycles. The average Bonchev–Trinajstić information content (AvgIpc) is 3.17. The molecule has 3 aliphatic rings. The number of anilines is 1. The highest BCUT2D eigenvalue weighted by Crippen LogP contribution is 2.28. The molecule has 3 heterocycles. The van der Waals surface area contributed by atoms with E-state index in [0.29, 0.717) is 0 Å². The van der Waals surface area contributed by atoms with Gasteiger partial charge in [0.05, 0.1) is 5.69 Å². The zero-order valence-electron chi connectivity index (χ0n) is 17.2. The Hall–Kier alpha value is -1.20. The molecular formula is C22H37N5. The lowest BCUT2D eigenvalue weighted by Gasteiger charge is -2.39. The normalized spacial score (nSPS) is 22.8. The number of hydrogen-bond acceptors (Lipinski definition) is 5. The van der Waals surface area contributed by atoms with Crippen LogP contribution in [0.15, 0.2) is 6.33 Å². The first-order valence-electron chi connectivity index (χ1n) is 11.4. The number of aromatic nitrogens is 2. The lowest BCUT2D eigenvalue weighted by atomic mass is 10.1. The average molecular weight is 372 g/mol. The molecule has 0 unspecified atom stereocenters. The molecule has 27 heavy (non-hydrogen) atoms. The van der Waals surface area contributed by atoms with Crippen molar-refractivity contribution in [1.29, 1.82) is 0 Å². The van der Waals surface area contributed by atoms with Gasteiger partial charge in [0.25, 0.3) is 0 Å². The van der Waals surface area contributed by atoms with Crippen molar-refractivity contribution in [1.82, 2.24) is 19.8 Å². The van der Waals surface area contributed by atoms with E-state index in [1.165, 1.54) is 88.2 Å². The smallest absolute Gasteiger partial charge is 0.135 e. The maximum Gasteiger partial charge on any atom is 0.135 e. The summed E-state index contributed by atoms with van der Waals surface area (Å²) >= 11 is 0.